The highest BCUT2D eigenvalue weighted by Gasteiger charge is 2.20. The molecule has 1 aliphatic heterocycles. The fraction of sp³-hybridized carbons (Fsp3) is 0.500. The van der Waals surface area contributed by atoms with Crippen molar-refractivity contribution in [1.82, 2.24) is 15.3 Å². The Labute approximate surface area is 149 Å². The summed E-state index contributed by atoms with van der Waals surface area (Å²) in [5.41, 5.74) is 10.8. The molecular formula is C20H27N5. The molecule has 132 valence electrons. The number of nitrogen functional groups attached to an aromatic ring is 1. The van der Waals surface area contributed by atoms with Gasteiger partial charge in [0.15, 0.2) is 0 Å². The molecule has 0 saturated carbocycles. The molecule has 25 heavy (non-hydrogen) atoms. The normalized spacial score (nSPS) is 19.1. The number of nitrogens with zero attached hydrogens (tertiary/aromatic N) is 2. The van der Waals surface area contributed by atoms with E-state index in [2.05, 4.69) is 44.9 Å². The molecular weight excluding hydrogens is 310 g/mol. The van der Waals surface area contributed by atoms with Gasteiger partial charge >= 0.3 is 0 Å². The summed E-state index contributed by atoms with van der Waals surface area (Å²) in [7, 11) is 0. The fourth-order valence-corrected chi connectivity index (χ4v) is 4.09. The van der Waals surface area contributed by atoms with E-state index in [1.54, 1.807) is 0 Å². The maximum Gasteiger partial charge on any atom is 0.222 e. The molecule has 1 fully saturated rings. The number of nitrogens with two attached hydrogens (primary N) is 1. The van der Waals surface area contributed by atoms with Crippen molar-refractivity contribution < 1.29 is 0 Å². The Morgan fingerprint density at radius 2 is 2.08 bits per heavy atom. The van der Waals surface area contributed by atoms with Gasteiger partial charge < -0.3 is 16.4 Å². The SMILES string of the molecule is Nc1nc(NCCCC2CCCN2)c2c(n1)-c1ccccc1CCC2. The van der Waals surface area contributed by atoms with E-state index < -0.39 is 0 Å². The number of benzene rings is 1. The van der Waals surface area contributed by atoms with Gasteiger partial charge in [0, 0.05) is 23.7 Å². The second kappa shape index (κ2) is 7.40. The van der Waals surface area contributed by atoms with Crippen molar-refractivity contribution in [2.24, 2.45) is 0 Å². The third-order valence-corrected chi connectivity index (χ3v) is 5.35. The van der Waals surface area contributed by atoms with Gasteiger partial charge in [0.05, 0.1) is 5.69 Å². The van der Waals surface area contributed by atoms with Crippen LogP contribution in [-0.4, -0.2) is 29.1 Å². The highest BCUT2D eigenvalue weighted by Crippen LogP contribution is 2.34. The minimum absolute atomic E-state index is 0.357. The van der Waals surface area contributed by atoms with E-state index in [1.165, 1.54) is 42.5 Å². The molecule has 2 heterocycles. The first kappa shape index (κ1) is 16.3. The summed E-state index contributed by atoms with van der Waals surface area (Å²) in [6.07, 6.45) is 8.19. The van der Waals surface area contributed by atoms with Gasteiger partial charge in [0.25, 0.3) is 0 Å². The van der Waals surface area contributed by atoms with Gasteiger partial charge in [0.2, 0.25) is 5.95 Å². The van der Waals surface area contributed by atoms with Crippen molar-refractivity contribution in [2.75, 3.05) is 24.1 Å². The van der Waals surface area contributed by atoms with Gasteiger partial charge in [-0.05, 0) is 57.1 Å². The van der Waals surface area contributed by atoms with Gasteiger partial charge in [-0.3, -0.25) is 0 Å². The van der Waals surface area contributed by atoms with Crippen LogP contribution < -0.4 is 16.4 Å². The Morgan fingerprint density at radius 1 is 1.16 bits per heavy atom. The Morgan fingerprint density at radius 3 is 2.96 bits per heavy atom. The first-order chi connectivity index (χ1) is 12.3. The minimum Gasteiger partial charge on any atom is -0.370 e. The number of hydrogen-bond donors (Lipinski definition) is 3. The lowest BCUT2D eigenvalue weighted by atomic mass is 10.0. The molecule has 1 unspecified atom stereocenters. The van der Waals surface area contributed by atoms with E-state index in [9.17, 15) is 0 Å². The maximum absolute atomic E-state index is 6.02. The number of anilines is 2. The van der Waals surface area contributed by atoms with Gasteiger partial charge in [-0.15, -0.1) is 0 Å². The first-order valence-corrected chi connectivity index (χ1v) is 9.53. The zero-order chi connectivity index (χ0) is 17.1. The van der Waals surface area contributed by atoms with E-state index in [1.807, 2.05) is 0 Å². The largest absolute Gasteiger partial charge is 0.370 e. The predicted molar refractivity (Wildman–Crippen MR) is 103 cm³/mol. The third-order valence-electron chi connectivity index (χ3n) is 5.35. The van der Waals surface area contributed by atoms with Crippen molar-refractivity contribution in [1.29, 1.82) is 0 Å². The minimum atomic E-state index is 0.357. The number of fused-ring (bicyclic) bond motifs is 3. The van der Waals surface area contributed by atoms with Crippen LogP contribution in [-0.2, 0) is 12.8 Å². The summed E-state index contributed by atoms with van der Waals surface area (Å²) >= 11 is 0. The van der Waals surface area contributed by atoms with E-state index >= 15 is 0 Å². The summed E-state index contributed by atoms with van der Waals surface area (Å²) in [6.45, 7) is 2.11. The number of nitrogens with one attached hydrogen (secondary N) is 2. The van der Waals surface area contributed by atoms with Crippen molar-refractivity contribution in [3.05, 3.63) is 35.4 Å². The molecule has 1 aromatic carbocycles. The Kier molecular flexibility index (Phi) is 4.83. The van der Waals surface area contributed by atoms with Crippen LogP contribution in [0.2, 0.25) is 0 Å². The van der Waals surface area contributed by atoms with E-state index in [4.69, 9.17) is 5.73 Å². The number of aryl methyl sites for hydroxylation is 1. The van der Waals surface area contributed by atoms with Crippen molar-refractivity contribution >= 4 is 11.8 Å². The summed E-state index contributed by atoms with van der Waals surface area (Å²) < 4.78 is 0. The van der Waals surface area contributed by atoms with E-state index in [0.29, 0.717) is 12.0 Å². The lowest BCUT2D eigenvalue weighted by molar-refractivity contribution is 0.544. The van der Waals surface area contributed by atoms with Crippen molar-refractivity contribution in [3.8, 4) is 11.3 Å². The molecule has 4 rings (SSSR count). The summed E-state index contributed by atoms with van der Waals surface area (Å²) in [6, 6.07) is 9.23. The Balaban J connectivity index is 1.52. The molecule has 1 atom stereocenters. The average Bonchev–Trinajstić information content (AvgIpc) is 3.07. The van der Waals surface area contributed by atoms with Crippen LogP contribution in [0.4, 0.5) is 11.8 Å². The Hall–Kier alpha value is -2.14. The highest BCUT2D eigenvalue weighted by molar-refractivity contribution is 5.73. The smallest absolute Gasteiger partial charge is 0.222 e. The molecule has 5 heteroatoms. The van der Waals surface area contributed by atoms with Crippen LogP contribution in [0.3, 0.4) is 0 Å². The fourth-order valence-electron chi connectivity index (χ4n) is 4.09. The van der Waals surface area contributed by atoms with Crippen LogP contribution in [0.1, 0.15) is 43.2 Å². The summed E-state index contributed by atoms with van der Waals surface area (Å²) in [4.78, 5) is 9.09. The predicted octanol–water partition coefficient (Wildman–Crippen LogP) is 3.16. The number of aromatic nitrogens is 2. The quantitative estimate of drug-likeness (QED) is 0.731. The van der Waals surface area contributed by atoms with Crippen LogP contribution in [0.15, 0.2) is 24.3 Å². The zero-order valence-corrected chi connectivity index (χ0v) is 14.7. The second-order valence-corrected chi connectivity index (χ2v) is 7.13. The lowest BCUT2D eigenvalue weighted by Gasteiger charge is -2.15. The van der Waals surface area contributed by atoms with Crippen molar-refractivity contribution in [2.45, 2.75) is 51.0 Å². The molecule has 5 nitrogen and oxygen atoms in total. The second-order valence-electron chi connectivity index (χ2n) is 7.13. The van der Waals surface area contributed by atoms with Gasteiger partial charge in [-0.25, -0.2) is 4.98 Å². The van der Waals surface area contributed by atoms with Crippen molar-refractivity contribution in [3.63, 3.8) is 0 Å². The standard InChI is InChI=1S/C20H27N5/c21-20-24-18-16-10-2-1-6-14(16)7-3-11-17(18)19(25-20)23-13-5-9-15-8-4-12-22-15/h1-2,6,10,15,22H,3-5,7-9,11-13H2,(H3,21,23,24,25). The molecule has 0 radical (unpaired) electrons. The Bertz CT molecular complexity index is 737. The summed E-state index contributed by atoms with van der Waals surface area (Å²) in [5.74, 6) is 1.29. The third kappa shape index (κ3) is 3.61. The van der Waals surface area contributed by atoms with E-state index in [-0.39, 0.29) is 0 Å². The van der Waals surface area contributed by atoms with Crippen LogP contribution >= 0.6 is 0 Å². The molecule has 0 bridgehead atoms. The number of rotatable bonds is 5. The first-order valence-electron chi connectivity index (χ1n) is 9.53. The topological polar surface area (TPSA) is 75.9 Å². The molecule has 4 N–H and O–H groups in total. The molecule has 0 spiro atoms. The average molecular weight is 337 g/mol. The molecule has 1 saturated heterocycles. The maximum atomic E-state index is 6.02. The molecule has 2 aliphatic rings. The summed E-state index contributed by atoms with van der Waals surface area (Å²) in [5, 5.41) is 7.10. The molecule has 1 aromatic heterocycles. The van der Waals surface area contributed by atoms with Crippen LogP contribution in [0.5, 0.6) is 0 Å². The van der Waals surface area contributed by atoms with E-state index in [0.717, 1.165) is 43.7 Å². The zero-order valence-electron chi connectivity index (χ0n) is 14.7. The number of hydrogen-bond acceptors (Lipinski definition) is 5. The van der Waals surface area contributed by atoms with Crippen LogP contribution in [0.25, 0.3) is 11.3 Å². The van der Waals surface area contributed by atoms with Crippen LogP contribution in [0, 0.1) is 0 Å². The lowest BCUT2D eigenvalue weighted by Crippen LogP contribution is -2.22. The molecule has 1 aliphatic carbocycles. The highest BCUT2D eigenvalue weighted by atomic mass is 15.1. The van der Waals surface area contributed by atoms with Gasteiger partial charge in [-0.2, -0.15) is 4.98 Å². The van der Waals surface area contributed by atoms with Gasteiger partial charge in [-0.1, -0.05) is 24.3 Å². The monoisotopic (exact) mass is 337 g/mol. The van der Waals surface area contributed by atoms with Gasteiger partial charge in [0.1, 0.15) is 5.82 Å². The molecule has 2 aromatic rings. The molecule has 0 amide bonds.